The van der Waals surface area contributed by atoms with Crippen molar-refractivity contribution < 1.29 is 9.72 Å². The number of nitrogens with one attached hydrogen (secondary N) is 1. The van der Waals surface area contributed by atoms with Gasteiger partial charge in [0.05, 0.1) is 10.6 Å². The normalized spacial score (nSPS) is 10.9. The van der Waals surface area contributed by atoms with Crippen molar-refractivity contribution in [1.82, 2.24) is 4.98 Å². The van der Waals surface area contributed by atoms with Crippen LogP contribution in [0.5, 0.6) is 0 Å². The van der Waals surface area contributed by atoms with E-state index in [0.717, 1.165) is 21.8 Å². The Morgan fingerprint density at radius 1 is 1.03 bits per heavy atom. The Morgan fingerprint density at radius 3 is 2.47 bits per heavy atom. The molecule has 0 aliphatic heterocycles. The molecule has 6 nitrogen and oxygen atoms in total. The van der Waals surface area contributed by atoms with Crippen molar-refractivity contribution in [3.8, 4) is 21.8 Å². The smallest absolute Gasteiger partial charge is 0.270 e. The van der Waals surface area contributed by atoms with Crippen molar-refractivity contribution in [2.75, 3.05) is 5.32 Å². The van der Waals surface area contributed by atoms with Crippen molar-refractivity contribution in [1.29, 1.82) is 0 Å². The number of thiazole rings is 1. The van der Waals surface area contributed by atoms with Crippen LogP contribution in [0, 0.1) is 10.1 Å². The molecular weight excluding hydrogens is 446 g/mol. The molecule has 1 aromatic heterocycles. The lowest BCUT2D eigenvalue weighted by Crippen LogP contribution is -2.07. The molecule has 32 heavy (non-hydrogen) atoms. The lowest BCUT2D eigenvalue weighted by atomic mass is 10.1. The third-order valence-electron chi connectivity index (χ3n) is 4.55. The SMILES string of the molecule is O=C(/C=C/c1cccc([N+](=O)[O-])c1)Nc1ccc(-c2csc(-c3ccc(Cl)cc3)n2)cc1. The first-order valence-corrected chi connectivity index (χ1v) is 10.8. The van der Waals surface area contributed by atoms with Crippen LogP contribution in [0.1, 0.15) is 5.56 Å². The number of hydrogen-bond donors (Lipinski definition) is 1. The molecule has 0 spiro atoms. The maximum atomic E-state index is 12.2. The number of anilines is 1. The predicted octanol–water partition coefficient (Wildman–Crippen LogP) is 6.69. The molecule has 0 aliphatic carbocycles. The van der Waals surface area contributed by atoms with Crippen LogP contribution in [0.2, 0.25) is 5.02 Å². The summed E-state index contributed by atoms with van der Waals surface area (Å²) in [6.45, 7) is 0. The summed E-state index contributed by atoms with van der Waals surface area (Å²) >= 11 is 7.49. The number of carbonyl (C=O) groups is 1. The molecule has 0 radical (unpaired) electrons. The fourth-order valence-electron chi connectivity index (χ4n) is 2.95. The van der Waals surface area contributed by atoms with Gasteiger partial charge < -0.3 is 5.32 Å². The molecule has 3 aromatic carbocycles. The van der Waals surface area contributed by atoms with Crippen molar-refractivity contribution in [2.24, 2.45) is 0 Å². The van der Waals surface area contributed by atoms with Crippen molar-refractivity contribution >= 4 is 46.3 Å². The zero-order valence-electron chi connectivity index (χ0n) is 16.6. The van der Waals surface area contributed by atoms with E-state index in [-0.39, 0.29) is 11.6 Å². The minimum Gasteiger partial charge on any atom is -0.323 e. The summed E-state index contributed by atoms with van der Waals surface area (Å²) in [6, 6.07) is 21.0. The molecule has 0 fully saturated rings. The molecule has 1 N–H and O–H groups in total. The second kappa shape index (κ2) is 9.55. The Hall–Kier alpha value is -3.81. The lowest BCUT2D eigenvalue weighted by molar-refractivity contribution is -0.384. The van der Waals surface area contributed by atoms with Gasteiger partial charge in [0, 0.05) is 45.4 Å². The molecule has 1 heterocycles. The van der Waals surface area contributed by atoms with Gasteiger partial charge in [0.15, 0.2) is 0 Å². The Bertz CT molecular complexity index is 1300. The Labute approximate surface area is 193 Å². The van der Waals surface area contributed by atoms with Crippen LogP contribution in [0.25, 0.3) is 27.9 Å². The predicted molar refractivity (Wildman–Crippen MR) is 129 cm³/mol. The molecular formula is C24H16ClN3O3S. The number of benzene rings is 3. The van der Waals surface area contributed by atoms with Crippen molar-refractivity contribution in [2.45, 2.75) is 0 Å². The average molecular weight is 462 g/mol. The molecule has 0 saturated heterocycles. The minimum absolute atomic E-state index is 0.0237. The summed E-state index contributed by atoms with van der Waals surface area (Å²) < 4.78 is 0. The molecule has 0 aliphatic rings. The molecule has 0 unspecified atom stereocenters. The summed E-state index contributed by atoms with van der Waals surface area (Å²) in [6.07, 6.45) is 2.87. The van der Waals surface area contributed by atoms with Crippen LogP contribution >= 0.6 is 22.9 Å². The number of non-ortho nitro benzene ring substituents is 1. The molecule has 8 heteroatoms. The zero-order chi connectivity index (χ0) is 22.5. The number of nitrogens with zero attached hydrogens (tertiary/aromatic N) is 2. The van der Waals surface area contributed by atoms with E-state index in [9.17, 15) is 14.9 Å². The highest BCUT2D eigenvalue weighted by molar-refractivity contribution is 7.13. The third kappa shape index (κ3) is 5.26. The summed E-state index contributed by atoms with van der Waals surface area (Å²) in [5, 5.41) is 17.2. The topological polar surface area (TPSA) is 85.1 Å². The van der Waals surface area contributed by atoms with Gasteiger partial charge in [0.2, 0.25) is 5.91 Å². The number of amides is 1. The van der Waals surface area contributed by atoms with Crippen LogP contribution in [0.4, 0.5) is 11.4 Å². The first kappa shape index (κ1) is 21.4. The number of rotatable bonds is 6. The van der Waals surface area contributed by atoms with E-state index in [1.807, 2.05) is 41.8 Å². The van der Waals surface area contributed by atoms with Crippen LogP contribution in [-0.4, -0.2) is 15.8 Å². The standard InChI is InChI=1S/C24H16ClN3O3S/c25-19-9-5-18(6-10-19)24-27-22(15-32-24)17-7-11-20(12-8-17)26-23(29)13-4-16-2-1-3-21(14-16)28(30)31/h1-15H,(H,26,29)/b13-4+. The second-order valence-electron chi connectivity index (χ2n) is 6.80. The van der Waals surface area contributed by atoms with Gasteiger partial charge in [-0.15, -0.1) is 11.3 Å². The monoisotopic (exact) mass is 461 g/mol. The van der Waals surface area contributed by atoms with E-state index in [4.69, 9.17) is 11.6 Å². The van der Waals surface area contributed by atoms with Gasteiger partial charge in [-0.2, -0.15) is 0 Å². The lowest BCUT2D eigenvalue weighted by Gasteiger charge is -2.03. The second-order valence-corrected chi connectivity index (χ2v) is 8.09. The first-order chi connectivity index (χ1) is 15.5. The summed E-state index contributed by atoms with van der Waals surface area (Å²) in [7, 11) is 0. The van der Waals surface area contributed by atoms with Crippen LogP contribution < -0.4 is 5.32 Å². The van der Waals surface area contributed by atoms with Gasteiger partial charge in [-0.1, -0.05) is 48.0 Å². The number of carbonyl (C=O) groups excluding carboxylic acids is 1. The van der Waals surface area contributed by atoms with Crippen LogP contribution in [-0.2, 0) is 4.79 Å². The molecule has 158 valence electrons. The van der Waals surface area contributed by atoms with E-state index in [1.165, 1.54) is 24.3 Å². The van der Waals surface area contributed by atoms with Gasteiger partial charge in [0.25, 0.3) is 5.69 Å². The quantitative estimate of drug-likeness (QED) is 0.197. The van der Waals surface area contributed by atoms with E-state index in [1.54, 1.807) is 35.6 Å². The molecule has 0 saturated carbocycles. The fourth-order valence-corrected chi connectivity index (χ4v) is 3.91. The van der Waals surface area contributed by atoms with E-state index < -0.39 is 4.92 Å². The maximum absolute atomic E-state index is 12.2. The van der Waals surface area contributed by atoms with Gasteiger partial charge in [0.1, 0.15) is 5.01 Å². The minimum atomic E-state index is -0.472. The van der Waals surface area contributed by atoms with Gasteiger partial charge in [-0.25, -0.2) is 4.98 Å². The van der Waals surface area contributed by atoms with E-state index in [0.29, 0.717) is 16.3 Å². The van der Waals surface area contributed by atoms with Gasteiger partial charge in [-0.3, -0.25) is 14.9 Å². The molecule has 4 rings (SSSR count). The summed E-state index contributed by atoms with van der Waals surface area (Å²) in [4.78, 5) is 27.2. The number of nitro benzene ring substituents is 1. The van der Waals surface area contributed by atoms with E-state index in [2.05, 4.69) is 10.3 Å². The molecule has 0 bridgehead atoms. The summed E-state index contributed by atoms with van der Waals surface area (Å²) in [5.41, 5.74) is 3.98. The van der Waals surface area contributed by atoms with Crippen LogP contribution in [0.3, 0.4) is 0 Å². The van der Waals surface area contributed by atoms with Crippen LogP contribution in [0.15, 0.2) is 84.3 Å². The highest BCUT2D eigenvalue weighted by atomic mass is 35.5. The molecule has 4 aromatic rings. The molecule has 0 atom stereocenters. The Kier molecular flexibility index (Phi) is 6.39. The number of aromatic nitrogens is 1. The van der Waals surface area contributed by atoms with Gasteiger partial charge in [-0.05, 0) is 35.9 Å². The van der Waals surface area contributed by atoms with E-state index >= 15 is 0 Å². The first-order valence-electron chi connectivity index (χ1n) is 9.53. The fraction of sp³-hybridized carbons (Fsp3) is 0. The number of halogens is 1. The third-order valence-corrected chi connectivity index (χ3v) is 5.70. The Morgan fingerprint density at radius 2 is 1.75 bits per heavy atom. The average Bonchev–Trinajstić information content (AvgIpc) is 3.29. The largest absolute Gasteiger partial charge is 0.323 e. The zero-order valence-corrected chi connectivity index (χ0v) is 18.1. The number of hydrogen-bond acceptors (Lipinski definition) is 5. The molecule has 1 amide bonds. The number of nitro groups is 1. The maximum Gasteiger partial charge on any atom is 0.270 e. The van der Waals surface area contributed by atoms with Crippen molar-refractivity contribution in [3.63, 3.8) is 0 Å². The highest BCUT2D eigenvalue weighted by Crippen LogP contribution is 2.30. The Balaban J connectivity index is 1.41. The van der Waals surface area contributed by atoms with Gasteiger partial charge >= 0.3 is 0 Å². The van der Waals surface area contributed by atoms with Crippen molar-refractivity contribution in [3.05, 3.63) is 105 Å². The highest BCUT2D eigenvalue weighted by Gasteiger charge is 2.08. The summed E-state index contributed by atoms with van der Waals surface area (Å²) in [5.74, 6) is -0.331.